The Balaban J connectivity index is 2.59. The van der Waals surface area contributed by atoms with E-state index in [4.69, 9.17) is 41.2 Å². The van der Waals surface area contributed by atoms with Gasteiger partial charge in [0.15, 0.2) is 10.2 Å². The molecule has 4 nitrogen and oxygen atoms in total. The third-order valence-electron chi connectivity index (χ3n) is 1.48. The van der Waals surface area contributed by atoms with Crippen molar-refractivity contribution in [1.29, 1.82) is 0 Å². The third-order valence-corrected chi connectivity index (χ3v) is 2.33. The van der Waals surface area contributed by atoms with Crippen LogP contribution in [0.25, 0.3) is 0 Å². The number of hydrogen-bond donors (Lipinski definition) is 4. The van der Waals surface area contributed by atoms with E-state index in [1.807, 2.05) is 0 Å². The molecule has 0 aliphatic heterocycles. The van der Waals surface area contributed by atoms with Crippen molar-refractivity contribution >= 4 is 63.5 Å². The number of hydrazine groups is 1. The predicted molar refractivity (Wildman–Crippen MR) is 75.7 cm³/mol. The summed E-state index contributed by atoms with van der Waals surface area (Å²) in [6, 6.07) is 5.01. The van der Waals surface area contributed by atoms with Gasteiger partial charge in [-0.3, -0.25) is 10.9 Å². The second-order valence-electron chi connectivity index (χ2n) is 2.69. The van der Waals surface area contributed by atoms with Crippen molar-refractivity contribution in [2.45, 2.75) is 0 Å². The molecule has 0 fully saturated rings. The van der Waals surface area contributed by atoms with E-state index in [0.717, 1.165) is 0 Å². The van der Waals surface area contributed by atoms with Crippen LogP contribution in [0.3, 0.4) is 0 Å². The molecule has 0 atom stereocenters. The van der Waals surface area contributed by atoms with Crippen molar-refractivity contribution in [2.75, 3.05) is 5.32 Å². The first kappa shape index (κ1) is 13.2. The lowest BCUT2D eigenvalue weighted by atomic mass is 10.3. The maximum Gasteiger partial charge on any atom is 0.189 e. The third kappa shape index (κ3) is 4.36. The van der Waals surface area contributed by atoms with E-state index >= 15 is 0 Å². The highest BCUT2D eigenvalue weighted by molar-refractivity contribution is 7.80. The zero-order valence-corrected chi connectivity index (χ0v) is 11.0. The van der Waals surface area contributed by atoms with Crippen LogP contribution in [0.15, 0.2) is 18.2 Å². The molecule has 86 valence electrons. The second kappa shape index (κ2) is 6.05. The van der Waals surface area contributed by atoms with E-state index in [1.54, 1.807) is 18.2 Å². The minimum absolute atomic E-state index is 0.0892. The molecule has 0 aromatic heterocycles. The number of anilines is 1. The van der Waals surface area contributed by atoms with Crippen molar-refractivity contribution < 1.29 is 0 Å². The molecule has 0 unspecified atom stereocenters. The Morgan fingerprint density at radius 3 is 2.44 bits per heavy atom. The highest BCUT2D eigenvalue weighted by Gasteiger charge is 2.02. The number of thiocarbonyl (C=S) groups is 2. The molecular weight excluding hydrogens is 287 g/mol. The van der Waals surface area contributed by atoms with Crippen LogP contribution in [0.5, 0.6) is 0 Å². The zero-order chi connectivity index (χ0) is 12.1. The van der Waals surface area contributed by atoms with E-state index in [9.17, 15) is 0 Å². The first-order valence-corrected chi connectivity index (χ1v) is 5.64. The molecule has 1 aromatic rings. The summed E-state index contributed by atoms with van der Waals surface area (Å²) in [5.74, 6) is 0. The van der Waals surface area contributed by atoms with Crippen molar-refractivity contribution in [3.05, 3.63) is 28.2 Å². The number of hydrogen-bond acceptors (Lipinski definition) is 2. The standard InChI is InChI=1S/C8H8Cl2N4S2/c9-4-1-2-6(5(10)3-4)12-8(16)14-13-7(11)15/h1-3H,(H3,11,13,15)(H2,12,14,16). The highest BCUT2D eigenvalue weighted by Crippen LogP contribution is 2.25. The number of rotatable bonds is 1. The topological polar surface area (TPSA) is 62.1 Å². The van der Waals surface area contributed by atoms with E-state index in [0.29, 0.717) is 15.7 Å². The second-order valence-corrected chi connectivity index (χ2v) is 4.38. The molecule has 0 spiro atoms. The average molecular weight is 295 g/mol. The van der Waals surface area contributed by atoms with Crippen LogP contribution >= 0.6 is 47.6 Å². The normalized spacial score (nSPS) is 9.38. The van der Waals surface area contributed by atoms with Crippen LogP contribution in [0.4, 0.5) is 5.69 Å². The Morgan fingerprint density at radius 1 is 1.19 bits per heavy atom. The molecule has 5 N–H and O–H groups in total. The van der Waals surface area contributed by atoms with Crippen LogP contribution in [-0.4, -0.2) is 10.2 Å². The molecule has 0 saturated heterocycles. The molecule has 0 amide bonds. The van der Waals surface area contributed by atoms with Crippen molar-refractivity contribution in [2.24, 2.45) is 5.73 Å². The number of halogens is 2. The smallest absolute Gasteiger partial charge is 0.189 e. The lowest BCUT2D eigenvalue weighted by molar-refractivity contribution is 0.880. The highest BCUT2D eigenvalue weighted by atomic mass is 35.5. The summed E-state index contributed by atoms with van der Waals surface area (Å²) in [7, 11) is 0. The van der Waals surface area contributed by atoms with Gasteiger partial charge < -0.3 is 11.1 Å². The van der Waals surface area contributed by atoms with E-state index in [2.05, 4.69) is 28.4 Å². The van der Waals surface area contributed by atoms with Gasteiger partial charge >= 0.3 is 0 Å². The Morgan fingerprint density at radius 2 is 1.88 bits per heavy atom. The lowest BCUT2D eigenvalue weighted by Crippen LogP contribution is -2.46. The molecule has 0 bridgehead atoms. The van der Waals surface area contributed by atoms with Crippen molar-refractivity contribution in [1.82, 2.24) is 10.9 Å². The molecule has 0 aliphatic carbocycles. The Kier molecular flexibility index (Phi) is 5.01. The maximum absolute atomic E-state index is 5.93. The summed E-state index contributed by atoms with van der Waals surface area (Å²) in [6.07, 6.45) is 0. The Labute approximate surface area is 113 Å². The maximum atomic E-state index is 5.93. The lowest BCUT2D eigenvalue weighted by Gasteiger charge is -2.12. The van der Waals surface area contributed by atoms with E-state index in [-0.39, 0.29) is 10.2 Å². The molecule has 0 radical (unpaired) electrons. The van der Waals surface area contributed by atoms with Gasteiger partial charge in [-0.25, -0.2) is 0 Å². The minimum atomic E-state index is 0.0892. The average Bonchev–Trinajstić information content (AvgIpc) is 2.19. The van der Waals surface area contributed by atoms with Crippen LogP contribution < -0.4 is 21.9 Å². The summed E-state index contributed by atoms with van der Waals surface area (Å²) in [4.78, 5) is 0. The molecular formula is C8H8Cl2N4S2. The van der Waals surface area contributed by atoms with Crippen LogP contribution in [0.1, 0.15) is 0 Å². The minimum Gasteiger partial charge on any atom is -0.375 e. The number of benzene rings is 1. The number of nitrogens with two attached hydrogens (primary N) is 1. The molecule has 8 heteroatoms. The van der Waals surface area contributed by atoms with Gasteiger partial charge in [-0.2, -0.15) is 0 Å². The predicted octanol–water partition coefficient (Wildman–Crippen LogP) is 2.03. The van der Waals surface area contributed by atoms with Gasteiger partial charge in [0, 0.05) is 5.02 Å². The molecule has 1 aromatic carbocycles. The van der Waals surface area contributed by atoms with Gasteiger partial charge in [-0.15, -0.1) is 0 Å². The van der Waals surface area contributed by atoms with Gasteiger partial charge in [0.05, 0.1) is 10.7 Å². The van der Waals surface area contributed by atoms with Gasteiger partial charge in [0.25, 0.3) is 0 Å². The largest absolute Gasteiger partial charge is 0.375 e. The van der Waals surface area contributed by atoms with Crippen LogP contribution in [-0.2, 0) is 0 Å². The van der Waals surface area contributed by atoms with Crippen molar-refractivity contribution in [3.8, 4) is 0 Å². The zero-order valence-electron chi connectivity index (χ0n) is 7.88. The van der Waals surface area contributed by atoms with Gasteiger partial charge in [-0.05, 0) is 42.6 Å². The molecule has 0 aliphatic rings. The monoisotopic (exact) mass is 294 g/mol. The molecule has 1 rings (SSSR count). The summed E-state index contributed by atoms with van der Waals surface area (Å²) < 4.78 is 0. The number of nitrogens with one attached hydrogen (secondary N) is 3. The first-order chi connectivity index (χ1) is 7.49. The fourth-order valence-corrected chi connectivity index (χ4v) is 1.53. The first-order valence-electron chi connectivity index (χ1n) is 4.06. The van der Waals surface area contributed by atoms with E-state index < -0.39 is 0 Å². The SMILES string of the molecule is NC(=S)NNC(=S)Nc1ccc(Cl)cc1Cl. The van der Waals surface area contributed by atoms with Gasteiger partial charge in [-0.1, -0.05) is 23.2 Å². The van der Waals surface area contributed by atoms with Crippen molar-refractivity contribution in [3.63, 3.8) is 0 Å². The fraction of sp³-hybridized carbons (Fsp3) is 0. The Hall–Kier alpha value is -0.820. The van der Waals surface area contributed by atoms with Gasteiger partial charge in [0.1, 0.15) is 0 Å². The summed E-state index contributed by atoms with van der Waals surface area (Å²) in [6.45, 7) is 0. The molecule has 0 heterocycles. The van der Waals surface area contributed by atoms with E-state index in [1.165, 1.54) is 0 Å². The Bertz CT molecular complexity index is 424. The summed E-state index contributed by atoms with van der Waals surface area (Å²) in [5.41, 5.74) is 10.9. The molecule has 0 saturated carbocycles. The fourth-order valence-electron chi connectivity index (χ4n) is 0.863. The summed E-state index contributed by atoms with van der Waals surface area (Å²) in [5, 5.41) is 4.24. The van der Waals surface area contributed by atoms with Gasteiger partial charge in [0.2, 0.25) is 0 Å². The molecule has 16 heavy (non-hydrogen) atoms. The van der Waals surface area contributed by atoms with Crippen LogP contribution in [0.2, 0.25) is 10.0 Å². The van der Waals surface area contributed by atoms with Crippen LogP contribution in [0, 0.1) is 0 Å². The summed E-state index contributed by atoms with van der Waals surface area (Å²) >= 11 is 21.2. The quantitative estimate of drug-likeness (QED) is 0.470.